The van der Waals surface area contributed by atoms with Gasteiger partial charge in [-0.3, -0.25) is 4.84 Å². The monoisotopic (exact) mass is 253 g/mol. The number of hydroxylamine groups is 1. The van der Waals surface area contributed by atoms with Crippen LogP contribution in [0.3, 0.4) is 0 Å². The number of thiol groups is 1. The third kappa shape index (κ3) is 3.09. The molecule has 1 aliphatic rings. The predicted octanol–water partition coefficient (Wildman–Crippen LogP) is 1.44. The molecule has 4 nitrogen and oxygen atoms in total. The molecule has 1 aliphatic heterocycles. The van der Waals surface area contributed by atoms with Gasteiger partial charge in [0.05, 0.1) is 17.9 Å². The number of nitrogens with zero attached hydrogens (tertiary/aromatic N) is 1. The second-order valence-electron chi connectivity index (χ2n) is 4.73. The highest BCUT2D eigenvalue weighted by Crippen LogP contribution is 2.24. The average Bonchev–Trinajstić information content (AvgIpc) is 2.27. The molecule has 1 fully saturated rings. The van der Waals surface area contributed by atoms with E-state index in [0.717, 1.165) is 17.3 Å². The van der Waals surface area contributed by atoms with Crippen LogP contribution in [0.2, 0.25) is 0 Å². The fourth-order valence-electron chi connectivity index (χ4n) is 1.27. The van der Waals surface area contributed by atoms with E-state index < -0.39 is 14.8 Å². The van der Waals surface area contributed by atoms with E-state index in [-0.39, 0.29) is 5.25 Å². The van der Waals surface area contributed by atoms with Crippen LogP contribution in [0.5, 0.6) is 0 Å². The van der Waals surface area contributed by atoms with E-state index in [2.05, 4.69) is 12.6 Å². The van der Waals surface area contributed by atoms with Crippen molar-refractivity contribution < 1.29 is 13.3 Å². The van der Waals surface area contributed by atoms with Crippen LogP contribution >= 0.6 is 12.6 Å². The first-order valence-electron chi connectivity index (χ1n) is 5.08. The normalized spacial score (nSPS) is 26.3. The summed E-state index contributed by atoms with van der Waals surface area (Å²) < 4.78 is 24.4. The second kappa shape index (κ2) is 4.61. The van der Waals surface area contributed by atoms with Gasteiger partial charge >= 0.3 is 0 Å². The Morgan fingerprint density at radius 2 is 2.00 bits per heavy atom. The van der Waals surface area contributed by atoms with E-state index in [1.165, 1.54) is 0 Å². The van der Waals surface area contributed by atoms with Gasteiger partial charge < -0.3 is 0 Å². The van der Waals surface area contributed by atoms with Crippen LogP contribution in [0.15, 0.2) is 0 Å². The maximum atomic E-state index is 12.1. The molecule has 90 valence electrons. The van der Waals surface area contributed by atoms with Crippen LogP contribution < -0.4 is 0 Å². The summed E-state index contributed by atoms with van der Waals surface area (Å²) in [7, 11) is -3.39. The van der Waals surface area contributed by atoms with E-state index in [0.29, 0.717) is 13.2 Å². The van der Waals surface area contributed by atoms with Crippen molar-refractivity contribution in [3.8, 4) is 0 Å². The van der Waals surface area contributed by atoms with E-state index in [4.69, 9.17) is 4.84 Å². The van der Waals surface area contributed by atoms with E-state index in [9.17, 15) is 8.42 Å². The number of hydrogen-bond acceptors (Lipinski definition) is 4. The van der Waals surface area contributed by atoms with Gasteiger partial charge in [-0.25, -0.2) is 8.42 Å². The lowest BCUT2D eigenvalue weighted by Crippen LogP contribution is -2.44. The Hall–Kier alpha value is 0.220. The van der Waals surface area contributed by atoms with Crippen molar-refractivity contribution in [3.63, 3.8) is 0 Å². The lowest BCUT2D eigenvalue weighted by atomic mass is 10.2. The van der Waals surface area contributed by atoms with Crippen molar-refractivity contribution >= 4 is 22.7 Å². The first-order chi connectivity index (χ1) is 6.75. The fraction of sp³-hybridized carbons (Fsp3) is 1.00. The standard InChI is InChI=1S/C9H19NO3S2/c1-9(2,3)15(11,12)10-7-8(14)5-4-6-13-10/h8,14H,4-7H2,1-3H3. The first-order valence-corrected chi connectivity index (χ1v) is 7.04. The highest BCUT2D eigenvalue weighted by atomic mass is 32.2. The maximum Gasteiger partial charge on any atom is 0.240 e. The smallest absolute Gasteiger partial charge is 0.240 e. The molecule has 0 aromatic carbocycles. The van der Waals surface area contributed by atoms with Gasteiger partial charge in [0.2, 0.25) is 10.0 Å². The van der Waals surface area contributed by atoms with Gasteiger partial charge in [0.25, 0.3) is 0 Å². The molecule has 0 aromatic heterocycles. The molecule has 1 rings (SSSR count). The van der Waals surface area contributed by atoms with Crippen LogP contribution in [-0.4, -0.2) is 36.0 Å². The Bertz CT molecular complexity index is 308. The summed E-state index contributed by atoms with van der Waals surface area (Å²) in [5, 5.41) is 0.0598. The van der Waals surface area contributed by atoms with Gasteiger partial charge in [-0.05, 0) is 33.6 Å². The van der Waals surface area contributed by atoms with Crippen LogP contribution in [0.25, 0.3) is 0 Å². The van der Waals surface area contributed by atoms with Crippen LogP contribution in [-0.2, 0) is 14.9 Å². The summed E-state index contributed by atoms with van der Waals surface area (Å²) >= 11 is 4.33. The van der Waals surface area contributed by atoms with Crippen molar-refractivity contribution in [2.24, 2.45) is 0 Å². The molecular weight excluding hydrogens is 234 g/mol. The van der Waals surface area contributed by atoms with Crippen molar-refractivity contribution in [1.82, 2.24) is 4.47 Å². The number of rotatable bonds is 1. The van der Waals surface area contributed by atoms with Gasteiger partial charge in [-0.1, -0.05) is 4.47 Å². The molecule has 0 aliphatic carbocycles. The maximum absolute atomic E-state index is 12.1. The highest BCUT2D eigenvalue weighted by Gasteiger charge is 2.37. The van der Waals surface area contributed by atoms with Gasteiger partial charge in [0, 0.05) is 5.25 Å². The highest BCUT2D eigenvalue weighted by molar-refractivity contribution is 7.90. The second-order valence-corrected chi connectivity index (χ2v) is 8.04. The van der Waals surface area contributed by atoms with Crippen LogP contribution in [0, 0.1) is 0 Å². The Balaban J connectivity index is 2.86. The van der Waals surface area contributed by atoms with E-state index in [1.807, 2.05) is 0 Å². The van der Waals surface area contributed by atoms with Gasteiger partial charge in [-0.2, -0.15) is 12.6 Å². The minimum absolute atomic E-state index is 0.0598. The fourth-order valence-corrected chi connectivity index (χ4v) is 2.92. The Morgan fingerprint density at radius 3 is 2.53 bits per heavy atom. The quantitative estimate of drug-likeness (QED) is 0.719. The lowest BCUT2D eigenvalue weighted by Gasteiger charge is -2.28. The summed E-state index contributed by atoms with van der Waals surface area (Å²) in [4.78, 5) is 5.26. The number of sulfonamides is 1. The predicted molar refractivity (Wildman–Crippen MR) is 63.3 cm³/mol. The van der Waals surface area contributed by atoms with Crippen molar-refractivity contribution in [2.45, 2.75) is 43.6 Å². The molecule has 0 aromatic rings. The van der Waals surface area contributed by atoms with Crippen molar-refractivity contribution in [2.75, 3.05) is 13.2 Å². The average molecular weight is 253 g/mol. The molecule has 0 amide bonds. The zero-order chi connectivity index (χ0) is 11.7. The first kappa shape index (κ1) is 13.3. The summed E-state index contributed by atoms with van der Waals surface area (Å²) in [6.45, 7) is 5.80. The molecule has 0 radical (unpaired) electrons. The minimum Gasteiger partial charge on any atom is -0.284 e. The van der Waals surface area contributed by atoms with E-state index in [1.54, 1.807) is 20.8 Å². The summed E-state index contributed by atoms with van der Waals surface area (Å²) in [6.07, 6.45) is 1.74. The van der Waals surface area contributed by atoms with Crippen molar-refractivity contribution in [3.05, 3.63) is 0 Å². The van der Waals surface area contributed by atoms with Gasteiger partial charge in [0.1, 0.15) is 0 Å². The Labute approximate surface area is 97.4 Å². The molecule has 15 heavy (non-hydrogen) atoms. The molecule has 1 heterocycles. The zero-order valence-electron chi connectivity index (χ0n) is 9.43. The molecule has 6 heteroatoms. The molecule has 1 saturated heterocycles. The largest absolute Gasteiger partial charge is 0.284 e. The zero-order valence-corrected chi connectivity index (χ0v) is 11.1. The van der Waals surface area contributed by atoms with Crippen molar-refractivity contribution in [1.29, 1.82) is 0 Å². The molecule has 0 N–H and O–H groups in total. The van der Waals surface area contributed by atoms with Gasteiger partial charge in [0.15, 0.2) is 0 Å². The third-order valence-corrected chi connectivity index (χ3v) is 5.08. The SMILES string of the molecule is CC(C)(C)S(=O)(=O)N1CC(S)CCCO1. The third-order valence-electron chi connectivity index (χ3n) is 2.32. The van der Waals surface area contributed by atoms with E-state index >= 15 is 0 Å². The molecule has 0 spiro atoms. The molecule has 1 unspecified atom stereocenters. The molecule has 0 bridgehead atoms. The molecule has 1 atom stereocenters. The summed E-state index contributed by atoms with van der Waals surface area (Å²) in [6, 6.07) is 0. The molecule has 0 saturated carbocycles. The Morgan fingerprint density at radius 1 is 1.40 bits per heavy atom. The van der Waals surface area contributed by atoms with Crippen LogP contribution in [0.1, 0.15) is 33.6 Å². The summed E-state index contributed by atoms with van der Waals surface area (Å²) in [5.41, 5.74) is 0. The molecular formula is C9H19NO3S2. The minimum atomic E-state index is -3.39. The Kier molecular flexibility index (Phi) is 4.08. The van der Waals surface area contributed by atoms with Crippen LogP contribution in [0.4, 0.5) is 0 Å². The topological polar surface area (TPSA) is 46.6 Å². The number of hydrogen-bond donors (Lipinski definition) is 1. The lowest BCUT2D eigenvalue weighted by molar-refractivity contribution is -0.0758. The van der Waals surface area contributed by atoms with Gasteiger partial charge in [-0.15, -0.1) is 0 Å². The summed E-state index contributed by atoms with van der Waals surface area (Å²) in [5.74, 6) is 0.